The zero-order chi connectivity index (χ0) is 20.5. The van der Waals surface area contributed by atoms with Crippen LogP contribution in [0.2, 0.25) is 0 Å². The highest BCUT2D eigenvalue weighted by atomic mass is 16.5. The summed E-state index contributed by atoms with van der Waals surface area (Å²) in [6.07, 6.45) is 3.28. The lowest BCUT2D eigenvalue weighted by Gasteiger charge is -2.31. The van der Waals surface area contributed by atoms with E-state index in [-0.39, 0.29) is 11.9 Å². The summed E-state index contributed by atoms with van der Waals surface area (Å²) in [7, 11) is 3.18. The van der Waals surface area contributed by atoms with Crippen molar-refractivity contribution in [2.75, 3.05) is 47.1 Å². The van der Waals surface area contributed by atoms with Crippen LogP contribution in [0.4, 0.5) is 0 Å². The van der Waals surface area contributed by atoms with Gasteiger partial charge in [0, 0.05) is 31.3 Å². The summed E-state index contributed by atoms with van der Waals surface area (Å²) < 4.78 is 16.2. The predicted molar refractivity (Wildman–Crippen MR) is 113 cm³/mol. The summed E-state index contributed by atoms with van der Waals surface area (Å²) in [4.78, 5) is 15.0. The highest BCUT2D eigenvalue weighted by Crippen LogP contribution is 2.31. The van der Waals surface area contributed by atoms with Crippen LogP contribution >= 0.6 is 0 Å². The molecule has 6 nitrogen and oxygen atoms in total. The van der Waals surface area contributed by atoms with Gasteiger partial charge in [-0.3, -0.25) is 9.69 Å². The standard InChI is InChI=1S/C23H28N2O4/c1-27-21-10-6-9-19(23(21)28-2)11-12-22(26)24-20(18-7-4-3-5-8-18)17-25-13-15-29-16-14-25/h3-12,20H,13-17H2,1-2H3,(H,24,26)/b12-11+/t20-/m0/s1. The topological polar surface area (TPSA) is 60.0 Å². The summed E-state index contributed by atoms with van der Waals surface area (Å²) in [5, 5.41) is 3.14. The largest absolute Gasteiger partial charge is 0.493 e. The van der Waals surface area contributed by atoms with Gasteiger partial charge < -0.3 is 19.5 Å². The summed E-state index contributed by atoms with van der Waals surface area (Å²) in [6.45, 7) is 3.94. The molecule has 2 aromatic carbocycles. The van der Waals surface area contributed by atoms with Crippen LogP contribution in [0.5, 0.6) is 11.5 Å². The Balaban J connectivity index is 1.72. The maximum atomic E-state index is 12.7. The molecule has 3 rings (SSSR count). The molecule has 2 aromatic rings. The fourth-order valence-corrected chi connectivity index (χ4v) is 3.39. The highest BCUT2D eigenvalue weighted by Gasteiger charge is 2.19. The number of amides is 1. The smallest absolute Gasteiger partial charge is 0.244 e. The van der Waals surface area contributed by atoms with Gasteiger partial charge >= 0.3 is 0 Å². The van der Waals surface area contributed by atoms with E-state index in [4.69, 9.17) is 14.2 Å². The van der Waals surface area contributed by atoms with Crippen molar-refractivity contribution in [3.63, 3.8) is 0 Å². The van der Waals surface area contributed by atoms with Crippen LogP contribution in [-0.2, 0) is 9.53 Å². The van der Waals surface area contributed by atoms with Crippen molar-refractivity contribution in [3.05, 3.63) is 65.7 Å². The van der Waals surface area contributed by atoms with E-state index in [0.717, 1.165) is 44.0 Å². The van der Waals surface area contributed by atoms with Crippen molar-refractivity contribution in [2.24, 2.45) is 0 Å². The lowest BCUT2D eigenvalue weighted by atomic mass is 10.1. The van der Waals surface area contributed by atoms with Crippen LogP contribution in [0, 0.1) is 0 Å². The van der Waals surface area contributed by atoms with E-state index in [1.807, 2.05) is 48.5 Å². The van der Waals surface area contributed by atoms with E-state index in [9.17, 15) is 4.79 Å². The number of rotatable bonds is 8. The van der Waals surface area contributed by atoms with Gasteiger partial charge in [-0.1, -0.05) is 42.5 Å². The first-order valence-electron chi connectivity index (χ1n) is 9.76. The molecule has 6 heteroatoms. The summed E-state index contributed by atoms with van der Waals surface area (Å²) in [5.41, 5.74) is 1.87. The molecule has 1 N–H and O–H groups in total. The van der Waals surface area contributed by atoms with Crippen LogP contribution in [0.25, 0.3) is 6.08 Å². The van der Waals surface area contributed by atoms with Gasteiger partial charge in [-0.15, -0.1) is 0 Å². The molecule has 1 aliphatic heterocycles. The van der Waals surface area contributed by atoms with E-state index >= 15 is 0 Å². The Labute approximate surface area is 172 Å². The van der Waals surface area contributed by atoms with Crippen molar-refractivity contribution >= 4 is 12.0 Å². The second-order valence-corrected chi connectivity index (χ2v) is 6.80. The number of carbonyl (C=O) groups is 1. The quantitative estimate of drug-likeness (QED) is 0.696. The molecular weight excluding hydrogens is 368 g/mol. The Kier molecular flexibility index (Phi) is 7.67. The predicted octanol–water partition coefficient (Wildman–Crippen LogP) is 2.91. The molecule has 1 saturated heterocycles. The minimum Gasteiger partial charge on any atom is -0.493 e. The molecule has 0 aliphatic carbocycles. The Morgan fingerprint density at radius 1 is 1.10 bits per heavy atom. The van der Waals surface area contributed by atoms with Gasteiger partial charge in [0.15, 0.2) is 11.5 Å². The van der Waals surface area contributed by atoms with Gasteiger partial charge in [0.05, 0.1) is 33.5 Å². The number of para-hydroxylation sites is 1. The number of hydrogen-bond acceptors (Lipinski definition) is 5. The second kappa shape index (κ2) is 10.6. The average molecular weight is 396 g/mol. The van der Waals surface area contributed by atoms with E-state index in [1.165, 1.54) is 6.08 Å². The van der Waals surface area contributed by atoms with E-state index in [0.29, 0.717) is 11.5 Å². The molecule has 154 valence electrons. The number of ether oxygens (including phenoxy) is 3. The van der Waals surface area contributed by atoms with Crippen LogP contribution < -0.4 is 14.8 Å². The highest BCUT2D eigenvalue weighted by molar-refractivity contribution is 5.92. The van der Waals surface area contributed by atoms with Crippen LogP contribution in [0.15, 0.2) is 54.6 Å². The second-order valence-electron chi connectivity index (χ2n) is 6.80. The molecule has 0 radical (unpaired) electrons. The zero-order valence-corrected chi connectivity index (χ0v) is 17.0. The molecule has 0 spiro atoms. The molecular formula is C23H28N2O4. The van der Waals surface area contributed by atoms with Gasteiger partial charge in [0.1, 0.15) is 0 Å². The molecule has 1 fully saturated rings. The lowest BCUT2D eigenvalue weighted by Crippen LogP contribution is -2.42. The first kappa shape index (κ1) is 20.9. The van der Waals surface area contributed by atoms with Gasteiger partial charge in [-0.25, -0.2) is 0 Å². The molecule has 29 heavy (non-hydrogen) atoms. The van der Waals surface area contributed by atoms with Crippen molar-refractivity contribution in [3.8, 4) is 11.5 Å². The summed E-state index contributed by atoms with van der Waals surface area (Å²) in [6, 6.07) is 15.5. The lowest BCUT2D eigenvalue weighted by molar-refractivity contribution is -0.117. The number of methoxy groups -OCH3 is 2. The molecule has 0 bridgehead atoms. The van der Waals surface area contributed by atoms with E-state index in [1.54, 1.807) is 20.3 Å². The molecule has 0 aromatic heterocycles. The number of morpholine rings is 1. The van der Waals surface area contributed by atoms with Crippen LogP contribution in [0.1, 0.15) is 17.2 Å². The van der Waals surface area contributed by atoms with Crippen LogP contribution in [-0.4, -0.2) is 57.9 Å². The number of nitrogens with zero attached hydrogens (tertiary/aromatic N) is 1. The van der Waals surface area contributed by atoms with Gasteiger partial charge in [0.25, 0.3) is 0 Å². The molecule has 0 unspecified atom stereocenters. The van der Waals surface area contributed by atoms with Crippen molar-refractivity contribution in [1.82, 2.24) is 10.2 Å². The average Bonchev–Trinajstić information content (AvgIpc) is 2.78. The number of hydrogen-bond donors (Lipinski definition) is 1. The zero-order valence-electron chi connectivity index (χ0n) is 17.0. The Hall–Kier alpha value is -2.83. The van der Waals surface area contributed by atoms with Crippen LogP contribution in [0.3, 0.4) is 0 Å². The molecule has 1 aliphatic rings. The fraction of sp³-hybridized carbons (Fsp3) is 0.348. The minimum atomic E-state index is -0.156. The minimum absolute atomic E-state index is 0.0985. The normalized spacial score (nSPS) is 15.8. The number of nitrogens with one attached hydrogen (secondary N) is 1. The van der Waals surface area contributed by atoms with Crippen molar-refractivity contribution in [1.29, 1.82) is 0 Å². The molecule has 0 saturated carbocycles. The van der Waals surface area contributed by atoms with E-state index < -0.39 is 0 Å². The maximum absolute atomic E-state index is 12.7. The van der Waals surface area contributed by atoms with Gasteiger partial charge in [-0.2, -0.15) is 0 Å². The summed E-state index contributed by atoms with van der Waals surface area (Å²) in [5.74, 6) is 1.08. The third-order valence-electron chi connectivity index (χ3n) is 4.91. The van der Waals surface area contributed by atoms with Gasteiger partial charge in [0.2, 0.25) is 5.91 Å². The van der Waals surface area contributed by atoms with Crippen molar-refractivity contribution in [2.45, 2.75) is 6.04 Å². The molecule has 1 atom stereocenters. The first-order valence-corrected chi connectivity index (χ1v) is 9.76. The van der Waals surface area contributed by atoms with Crippen molar-refractivity contribution < 1.29 is 19.0 Å². The Morgan fingerprint density at radius 3 is 2.55 bits per heavy atom. The Bertz CT molecular complexity index is 817. The first-order chi connectivity index (χ1) is 14.2. The monoisotopic (exact) mass is 396 g/mol. The third kappa shape index (κ3) is 5.82. The molecule has 1 amide bonds. The Morgan fingerprint density at radius 2 is 1.86 bits per heavy atom. The number of carbonyl (C=O) groups excluding carboxylic acids is 1. The molecule has 1 heterocycles. The SMILES string of the molecule is COc1cccc(/C=C/C(=O)N[C@@H](CN2CCOCC2)c2ccccc2)c1OC. The fourth-order valence-electron chi connectivity index (χ4n) is 3.39. The maximum Gasteiger partial charge on any atom is 0.244 e. The van der Waals surface area contributed by atoms with Gasteiger partial charge in [-0.05, 0) is 17.7 Å². The number of benzene rings is 2. The third-order valence-corrected chi connectivity index (χ3v) is 4.91. The summed E-state index contributed by atoms with van der Waals surface area (Å²) >= 11 is 0. The van der Waals surface area contributed by atoms with E-state index in [2.05, 4.69) is 10.2 Å².